The van der Waals surface area contributed by atoms with Crippen LogP contribution in [0.4, 0.5) is 5.69 Å². The average Bonchev–Trinajstić information content (AvgIpc) is 2.96. The highest BCUT2D eigenvalue weighted by molar-refractivity contribution is 7.96. The second kappa shape index (κ2) is 9.33. The summed E-state index contributed by atoms with van der Waals surface area (Å²) in [5, 5.41) is 4.77. The van der Waals surface area contributed by atoms with Crippen molar-refractivity contribution in [2.45, 2.75) is 56.3 Å². The van der Waals surface area contributed by atoms with Gasteiger partial charge in [0.1, 0.15) is 0 Å². The monoisotopic (exact) mass is 459 g/mol. The summed E-state index contributed by atoms with van der Waals surface area (Å²) < 4.78 is 51.1. The van der Waals surface area contributed by atoms with E-state index in [0.29, 0.717) is 12.2 Å². The van der Waals surface area contributed by atoms with Gasteiger partial charge in [-0.3, -0.25) is 9.69 Å². The number of nitrogens with one attached hydrogen (secondary N) is 2. The Morgan fingerprint density at radius 3 is 2.20 bits per heavy atom. The van der Waals surface area contributed by atoms with Crippen LogP contribution in [0.25, 0.3) is 0 Å². The van der Waals surface area contributed by atoms with Crippen LogP contribution in [0.5, 0.6) is 0 Å². The van der Waals surface area contributed by atoms with E-state index in [4.69, 9.17) is 0 Å². The Morgan fingerprint density at radius 1 is 1.13 bits per heavy atom. The van der Waals surface area contributed by atoms with E-state index in [1.54, 1.807) is 0 Å². The fourth-order valence-electron chi connectivity index (χ4n) is 3.99. The van der Waals surface area contributed by atoms with E-state index in [1.807, 2.05) is 0 Å². The topological polar surface area (TPSA) is 113 Å². The molecule has 0 spiro atoms. The van der Waals surface area contributed by atoms with E-state index in [1.165, 1.54) is 31.2 Å². The minimum Gasteiger partial charge on any atom is -0.326 e. The Hall–Kier alpha value is -1.49. The number of hydrogen-bond acceptors (Lipinski definition) is 7. The number of carbonyl (C=O) groups is 1. The molecule has 0 unspecified atom stereocenters. The molecule has 0 aliphatic carbocycles. The summed E-state index contributed by atoms with van der Waals surface area (Å²) >= 11 is 0. The number of carbonyl (C=O) groups excluding carboxylic acids is 1. The van der Waals surface area contributed by atoms with Crippen molar-refractivity contribution in [3.05, 3.63) is 24.3 Å². The van der Waals surface area contributed by atoms with Crippen molar-refractivity contribution in [3.63, 3.8) is 0 Å². The Kier molecular flexibility index (Phi) is 7.71. The van der Waals surface area contributed by atoms with Crippen molar-refractivity contribution in [3.8, 4) is 0 Å². The van der Waals surface area contributed by atoms with Gasteiger partial charge in [0.15, 0.2) is 19.7 Å². The summed E-state index contributed by atoms with van der Waals surface area (Å²) in [6, 6.07) is 5.14. The molecule has 170 valence electrons. The molecule has 1 saturated heterocycles. The quantitative estimate of drug-likeness (QED) is 0.572. The minimum absolute atomic E-state index is 0.0495. The molecule has 8 nitrogen and oxygen atoms in total. The number of benzene rings is 1. The first kappa shape index (κ1) is 24.8. The van der Waals surface area contributed by atoms with Crippen LogP contribution in [0.2, 0.25) is 0 Å². The van der Waals surface area contributed by atoms with Crippen molar-refractivity contribution in [1.82, 2.24) is 10.2 Å². The molecule has 1 heterocycles. The molecule has 1 aromatic carbocycles. The molecule has 1 fully saturated rings. The summed E-state index contributed by atoms with van der Waals surface area (Å²) in [6.07, 6.45) is 0. The van der Waals surface area contributed by atoms with E-state index in [2.05, 4.69) is 43.2 Å². The van der Waals surface area contributed by atoms with Crippen LogP contribution in [0, 0.1) is 0 Å². The van der Waals surface area contributed by atoms with Gasteiger partial charge in [-0.1, -0.05) is 13.8 Å². The van der Waals surface area contributed by atoms with Gasteiger partial charge < -0.3 is 10.6 Å². The van der Waals surface area contributed by atoms with Crippen LogP contribution in [-0.4, -0.2) is 75.6 Å². The van der Waals surface area contributed by atoms with Crippen LogP contribution < -0.4 is 10.6 Å². The standard InChI is InChI=1S/C20H33N3O5S2/c1-6-23(7-2)20(4,5)14-21-18-12-29(25,26)13-19(18)30(27,28)17-10-8-16(9-11-17)22-15(3)24/h8-11,18-19,21H,6-7,12-14H2,1-5H3,(H,22,24)/t18-,19-/m0/s1. The minimum atomic E-state index is -3.87. The van der Waals surface area contributed by atoms with E-state index in [0.717, 1.165) is 13.1 Å². The maximum absolute atomic E-state index is 13.2. The zero-order chi connectivity index (χ0) is 22.7. The molecule has 0 bridgehead atoms. The van der Waals surface area contributed by atoms with Crippen LogP contribution >= 0.6 is 0 Å². The highest BCUT2D eigenvalue weighted by atomic mass is 32.2. The van der Waals surface area contributed by atoms with Crippen LogP contribution in [0.1, 0.15) is 34.6 Å². The lowest BCUT2D eigenvalue weighted by atomic mass is 10.0. The average molecular weight is 460 g/mol. The van der Waals surface area contributed by atoms with E-state index in [-0.39, 0.29) is 22.1 Å². The number of likely N-dealkylation sites (N-methyl/N-ethyl adjacent to an activating group) is 1. The third-order valence-electron chi connectivity index (χ3n) is 5.62. The molecule has 30 heavy (non-hydrogen) atoms. The maximum Gasteiger partial charge on any atom is 0.221 e. The largest absolute Gasteiger partial charge is 0.326 e. The lowest BCUT2D eigenvalue weighted by Gasteiger charge is -2.38. The van der Waals surface area contributed by atoms with Gasteiger partial charge in [0.05, 0.1) is 21.7 Å². The summed E-state index contributed by atoms with van der Waals surface area (Å²) in [5.41, 5.74) is 0.237. The number of rotatable bonds is 9. The molecule has 10 heteroatoms. The molecule has 0 saturated carbocycles. The van der Waals surface area contributed by atoms with Gasteiger partial charge in [0.2, 0.25) is 5.91 Å². The number of sulfone groups is 2. The normalized spacial score (nSPS) is 21.7. The molecule has 0 radical (unpaired) electrons. The lowest BCUT2D eigenvalue weighted by Crippen LogP contribution is -2.54. The third-order valence-corrected chi connectivity index (χ3v) is 9.79. The Labute approximate surface area is 180 Å². The fraction of sp³-hybridized carbons (Fsp3) is 0.650. The second-order valence-corrected chi connectivity index (χ2v) is 12.7. The van der Waals surface area contributed by atoms with Crippen molar-refractivity contribution in [1.29, 1.82) is 0 Å². The number of amides is 1. The predicted octanol–water partition coefficient (Wildman–Crippen LogP) is 1.29. The second-order valence-electron chi connectivity index (χ2n) is 8.34. The Balaban J connectivity index is 2.25. The smallest absolute Gasteiger partial charge is 0.221 e. The number of hydrogen-bond donors (Lipinski definition) is 2. The number of nitrogens with zero attached hydrogens (tertiary/aromatic N) is 1. The molecular formula is C20H33N3O5S2. The van der Waals surface area contributed by atoms with Crippen LogP contribution in [-0.2, 0) is 24.5 Å². The van der Waals surface area contributed by atoms with E-state index < -0.39 is 36.7 Å². The Morgan fingerprint density at radius 2 is 1.70 bits per heavy atom. The van der Waals surface area contributed by atoms with Crippen molar-refractivity contribution in [2.75, 3.05) is 36.5 Å². The van der Waals surface area contributed by atoms with E-state index in [9.17, 15) is 21.6 Å². The highest BCUT2D eigenvalue weighted by Gasteiger charge is 2.46. The van der Waals surface area contributed by atoms with Gasteiger partial charge in [0.25, 0.3) is 0 Å². The number of anilines is 1. The van der Waals surface area contributed by atoms with Gasteiger partial charge >= 0.3 is 0 Å². The SMILES string of the molecule is CCN(CC)C(C)(C)CN[C@H]1CS(=O)(=O)C[C@@H]1S(=O)(=O)c1ccc(NC(C)=O)cc1. The van der Waals surface area contributed by atoms with Crippen molar-refractivity contribution >= 4 is 31.3 Å². The molecule has 1 amide bonds. The van der Waals surface area contributed by atoms with Gasteiger partial charge in [-0.15, -0.1) is 0 Å². The third kappa shape index (κ3) is 5.81. The highest BCUT2D eigenvalue weighted by Crippen LogP contribution is 2.27. The van der Waals surface area contributed by atoms with Crippen molar-refractivity contribution in [2.24, 2.45) is 0 Å². The molecule has 1 aliphatic heterocycles. The molecular weight excluding hydrogens is 426 g/mol. The lowest BCUT2D eigenvalue weighted by molar-refractivity contribution is -0.114. The van der Waals surface area contributed by atoms with Crippen molar-refractivity contribution < 1.29 is 21.6 Å². The van der Waals surface area contributed by atoms with Gasteiger partial charge in [0, 0.05) is 30.7 Å². The molecule has 1 aromatic rings. The van der Waals surface area contributed by atoms with Gasteiger partial charge in [-0.2, -0.15) is 0 Å². The molecule has 2 atom stereocenters. The van der Waals surface area contributed by atoms with Gasteiger partial charge in [-0.25, -0.2) is 16.8 Å². The van der Waals surface area contributed by atoms with Gasteiger partial charge in [-0.05, 0) is 51.2 Å². The van der Waals surface area contributed by atoms with E-state index >= 15 is 0 Å². The summed E-state index contributed by atoms with van der Waals surface area (Å²) in [4.78, 5) is 13.4. The molecule has 2 N–H and O–H groups in total. The maximum atomic E-state index is 13.2. The molecule has 2 rings (SSSR count). The zero-order valence-corrected chi connectivity index (χ0v) is 19.9. The van der Waals surface area contributed by atoms with Crippen LogP contribution in [0.3, 0.4) is 0 Å². The Bertz CT molecular complexity index is 953. The van der Waals surface area contributed by atoms with Crippen LogP contribution in [0.15, 0.2) is 29.2 Å². The molecule has 0 aromatic heterocycles. The summed E-state index contributed by atoms with van der Waals surface area (Å²) in [5.74, 6) is -0.853. The summed E-state index contributed by atoms with van der Waals surface area (Å²) in [7, 11) is -7.34. The zero-order valence-electron chi connectivity index (χ0n) is 18.3. The summed E-state index contributed by atoms with van der Waals surface area (Å²) in [6.45, 7) is 11.8. The first-order valence-electron chi connectivity index (χ1n) is 10.1. The first-order valence-corrected chi connectivity index (χ1v) is 13.5. The first-order chi connectivity index (χ1) is 13.8. The fourth-order valence-corrected chi connectivity index (χ4v) is 8.71. The predicted molar refractivity (Wildman–Crippen MR) is 119 cm³/mol. The molecule has 1 aliphatic rings.